The van der Waals surface area contributed by atoms with Gasteiger partial charge in [0.2, 0.25) is 0 Å². The molecule has 0 saturated carbocycles. The lowest BCUT2D eigenvalue weighted by Gasteiger charge is -2.31. The molecule has 0 spiro atoms. The molecule has 1 unspecified atom stereocenters. The van der Waals surface area contributed by atoms with E-state index >= 15 is 0 Å². The van der Waals surface area contributed by atoms with Crippen molar-refractivity contribution < 1.29 is 26.7 Å². The first-order valence-corrected chi connectivity index (χ1v) is 9.98. The van der Waals surface area contributed by atoms with Gasteiger partial charge >= 0.3 is 6.18 Å². The second kappa shape index (κ2) is 8.45. The molecule has 170 valence electrons. The lowest BCUT2D eigenvalue weighted by Crippen LogP contribution is -2.39. The Hall–Kier alpha value is -3.08. The summed E-state index contributed by atoms with van der Waals surface area (Å²) in [4.78, 5) is 22.6. The van der Waals surface area contributed by atoms with Crippen LogP contribution >= 0.6 is 0 Å². The van der Waals surface area contributed by atoms with Crippen molar-refractivity contribution in [2.24, 2.45) is 0 Å². The summed E-state index contributed by atoms with van der Waals surface area (Å²) in [6.45, 7) is 0.515. The maximum absolute atomic E-state index is 13.6. The fourth-order valence-electron chi connectivity index (χ4n) is 3.72. The van der Waals surface area contributed by atoms with Gasteiger partial charge in [-0.15, -0.1) is 0 Å². The number of carbonyl (C=O) groups excluding carboxylic acids is 1. The van der Waals surface area contributed by atoms with Gasteiger partial charge in [-0.1, -0.05) is 12.1 Å². The number of nitrogens with zero attached hydrogens (tertiary/aromatic N) is 4. The molecule has 1 saturated heterocycles. The predicted molar refractivity (Wildman–Crippen MR) is 105 cm³/mol. The number of aromatic nitrogens is 3. The minimum Gasteiger partial charge on any atom is -0.335 e. The van der Waals surface area contributed by atoms with E-state index in [1.54, 1.807) is 33.7 Å². The average molecular weight is 453 g/mol. The highest BCUT2D eigenvalue weighted by Crippen LogP contribution is 2.33. The normalized spacial score (nSPS) is 17.9. The second-order valence-electron chi connectivity index (χ2n) is 7.70. The summed E-state index contributed by atoms with van der Waals surface area (Å²) < 4.78 is 69.4. The van der Waals surface area contributed by atoms with Gasteiger partial charge in [0, 0.05) is 50.1 Å². The summed E-state index contributed by atoms with van der Waals surface area (Å²) in [7, 11) is 0. The molecular weight excluding hydrogens is 433 g/mol. The molecule has 4 rings (SSSR count). The molecule has 1 atom stereocenters. The van der Waals surface area contributed by atoms with Crippen LogP contribution in [0, 0.1) is 0 Å². The van der Waals surface area contributed by atoms with Crippen molar-refractivity contribution in [3.63, 3.8) is 0 Å². The summed E-state index contributed by atoms with van der Waals surface area (Å²) in [5.74, 6) is -3.30. The molecule has 0 aromatic carbocycles. The summed E-state index contributed by atoms with van der Waals surface area (Å²) in [5.41, 5.74) is -0.0399. The zero-order valence-corrected chi connectivity index (χ0v) is 16.8. The fourth-order valence-corrected chi connectivity index (χ4v) is 3.72. The van der Waals surface area contributed by atoms with Crippen LogP contribution < -0.4 is 5.32 Å². The number of likely N-dealkylation sites (tertiary alicyclic amines) is 1. The number of hydrogen-bond donors (Lipinski definition) is 1. The summed E-state index contributed by atoms with van der Waals surface area (Å²) in [6, 6.07) is 5.24. The highest BCUT2D eigenvalue weighted by molar-refractivity contribution is 5.99. The van der Waals surface area contributed by atoms with E-state index in [1.165, 1.54) is 18.3 Å². The first-order chi connectivity index (χ1) is 15.1. The van der Waals surface area contributed by atoms with Gasteiger partial charge in [-0.05, 0) is 18.2 Å². The number of hydrogen-bond acceptors (Lipinski definition) is 4. The van der Waals surface area contributed by atoms with Crippen molar-refractivity contribution in [3.8, 4) is 0 Å². The minimum atomic E-state index is -4.74. The zero-order chi connectivity index (χ0) is 22.9. The van der Waals surface area contributed by atoms with Crippen LogP contribution in [0.25, 0.3) is 5.52 Å². The molecule has 1 aliphatic heterocycles. The van der Waals surface area contributed by atoms with Gasteiger partial charge in [0.1, 0.15) is 5.82 Å². The van der Waals surface area contributed by atoms with Crippen LogP contribution in [0.2, 0.25) is 0 Å². The van der Waals surface area contributed by atoms with Crippen LogP contribution in [0.1, 0.15) is 40.8 Å². The standard InChI is InChI=1S/C21H20F5N5O/c22-20(23)6-10-30(11-7-20)13-16-28-17(15-5-1-2-9-31(15)16)19(32)29-18(21(24,25)26)14-4-3-8-27-12-14/h1-5,8-9,12,18H,6-7,10-11,13H2,(H,29,32). The van der Waals surface area contributed by atoms with Crippen LogP contribution in [0.4, 0.5) is 22.0 Å². The van der Waals surface area contributed by atoms with E-state index < -0.39 is 24.0 Å². The molecule has 11 heteroatoms. The van der Waals surface area contributed by atoms with E-state index in [2.05, 4.69) is 9.97 Å². The van der Waals surface area contributed by atoms with Crippen molar-refractivity contribution in [3.05, 3.63) is 66.0 Å². The molecule has 6 nitrogen and oxygen atoms in total. The number of piperidine rings is 1. The fraction of sp³-hybridized carbons (Fsp3) is 0.381. The van der Waals surface area contributed by atoms with Gasteiger partial charge in [-0.3, -0.25) is 14.7 Å². The van der Waals surface area contributed by atoms with E-state index in [1.807, 2.05) is 5.32 Å². The van der Waals surface area contributed by atoms with E-state index in [0.717, 1.165) is 6.20 Å². The lowest BCUT2D eigenvalue weighted by molar-refractivity contribution is -0.155. The molecule has 0 bridgehead atoms. The molecule has 0 aliphatic carbocycles. The highest BCUT2D eigenvalue weighted by atomic mass is 19.4. The molecule has 1 aliphatic rings. The Labute approximate surface area is 180 Å². The molecule has 4 heterocycles. The maximum Gasteiger partial charge on any atom is 0.412 e. The van der Waals surface area contributed by atoms with Crippen LogP contribution in [0.3, 0.4) is 0 Å². The Morgan fingerprint density at radius 1 is 1.16 bits per heavy atom. The van der Waals surface area contributed by atoms with E-state index in [-0.39, 0.29) is 43.7 Å². The van der Waals surface area contributed by atoms with Gasteiger partial charge in [0.05, 0.1) is 12.1 Å². The summed E-state index contributed by atoms with van der Waals surface area (Å²) in [5, 5.41) is 2.02. The highest BCUT2D eigenvalue weighted by Gasteiger charge is 2.42. The Kier molecular flexibility index (Phi) is 5.85. The largest absolute Gasteiger partial charge is 0.412 e. The van der Waals surface area contributed by atoms with Gasteiger partial charge in [0.15, 0.2) is 11.7 Å². The first-order valence-electron chi connectivity index (χ1n) is 9.98. The number of halogens is 5. The Bertz CT molecular complexity index is 1090. The number of pyridine rings is 2. The van der Waals surface area contributed by atoms with Crippen LogP contribution in [0.15, 0.2) is 48.9 Å². The topological polar surface area (TPSA) is 62.5 Å². The monoisotopic (exact) mass is 453 g/mol. The van der Waals surface area contributed by atoms with Crippen LogP contribution in [-0.2, 0) is 6.54 Å². The van der Waals surface area contributed by atoms with E-state index in [4.69, 9.17) is 0 Å². The van der Waals surface area contributed by atoms with E-state index in [0.29, 0.717) is 11.3 Å². The van der Waals surface area contributed by atoms with Crippen molar-refractivity contribution in [2.75, 3.05) is 13.1 Å². The van der Waals surface area contributed by atoms with E-state index in [9.17, 15) is 26.7 Å². The van der Waals surface area contributed by atoms with Crippen LogP contribution in [-0.4, -0.2) is 50.4 Å². The van der Waals surface area contributed by atoms with Gasteiger partial charge in [-0.2, -0.15) is 13.2 Å². The Morgan fingerprint density at radius 3 is 2.56 bits per heavy atom. The molecule has 1 amide bonds. The van der Waals surface area contributed by atoms with Crippen LogP contribution in [0.5, 0.6) is 0 Å². The first kappa shape index (κ1) is 22.1. The molecule has 1 N–H and O–H groups in total. The van der Waals surface area contributed by atoms with Gasteiger partial charge < -0.3 is 9.72 Å². The quantitative estimate of drug-likeness (QED) is 0.594. The number of amides is 1. The Morgan fingerprint density at radius 2 is 1.91 bits per heavy atom. The Balaban J connectivity index is 1.61. The van der Waals surface area contributed by atoms with Crippen molar-refractivity contribution in [1.29, 1.82) is 0 Å². The maximum atomic E-state index is 13.6. The third-order valence-corrected chi connectivity index (χ3v) is 5.41. The number of fused-ring (bicyclic) bond motifs is 1. The number of nitrogens with one attached hydrogen (secondary N) is 1. The molecular formula is C21H20F5N5O. The number of imidazole rings is 1. The number of alkyl halides is 5. The molecule has 0 radical (unpaired) electrons. The number of carbonyl (C=O) groups is 1. The third kappa shape index (κ3) is 4.72. The number of rotatable bonds is 5. The predicted octanol–water partition coefficient (Wildman–Crippen LogP) is 3.99. The molecule has 3 aromatic rings. The molecule has 1 fully saturated rings. The summed E-state index contributed by atoms with van der Waals surface area (Å²) in [6.07, 6.45) is -1.28. The average Bonchev–Trinajstić information content (AvgIpc) is 3.12. The third-order valence-electron chi connectivity index (χ3n) is 5.41. The van der Waals surface area contributed by atoms with Gasteiger partial charge in [0.25, 0.3) is 11.8 Å². The van der Waals surface area contributed by atoms with Crippen molar-refractivity contribution >= 4 is 11.4 Å². The summed E-state index contributed by atoms with van der Waals surface area (Å²) >= 11 is 0. The zero-order valence-electron chi connectivity index (χ0n) is 16.8. The smallest absolute Gasteiger partial charge is 0.335 e. The molecule has 32 heavy (non-hydrogen) atoms. The molecule has 3 aromatic heterocycles. The van der Waals surface area contributed by atoms with Crippen molar-refractivity contribution in [1.82, 2.24) is 24.6 Å². The van der Waals surface area contributed by atoms with Crippen molar-refractivity contribution in [2.45, 2.75) is 37.5 Å². The lowest BCUT2D eigenvalue weighted by atomic mass is 10.1. The van der Waals surface area contributed by atoms with Gasteiger partial charge in [-0.25, -0.2) is 13.8 Å². The second-order valence-corrected chi connectivity index (χ2v) is 7.70. The minimum absolute atomic E-state index is 0.160. The SMILES string of the molecule is O=C(NC(c1cccnc1)C(F)(F)F)c1nc(CN2CCC(F)(F)CC2)n2ccccc12.